The first-order valence-electron chi connectivity index (χ1n) is 11.3. The zero-order valence-corrected chi connectivity index (χ0v) is 19.5. The van der Waals surface area contributed by atoms with Crippen LogP contribution in [0.1, 0.15) is 31.1 Å². The molecule has 0 aliphatic carbocycles. The van der Waals surface area contributed by atoms with Gasteiger partial charge >= 0.3 is 7.12 Å². The molecule has 8 nitrogen and oxygen atoms in total. The lowest BCUT2D eigenvalue weighted by atomic mass is 9.80. The van der Waals surface area contributed by atoms with Crippen LogP contribution in [-0.2, 0) is 0 Å². The second-order valence-electron chi connectivity index (χ2n) is 8.09. The van der Waals surface area contributed by atoms with Crippen molar-refractivity contribution in [1.29, 1.82) is 0 Å². The third-order valence-corrected chi connectivity index (χ3v) is 5.71. The van der Waals surface area contributed by atoms with Crippen LogP contribution < -0.4 is 11.2 Å². The van der Waals surface area contributed by atoms with Crippen molar-refractivity contribution in [2.24, 2.45) is 5.73 Å². The molecule has 0 fully saturated rings. The molecule has 4 aromatic carbocycles. The summed E-state index contributed by atoms with van der Waals surface area (Å²) >= 11 is 0. The Morgan fingerprint density at radius 2 is 1.49 bits per heavy atom. The second-order valence-corrected chi connectivity index (χ2v) is 8.09. The van der Waals surface area contributed by atoms with E-state index in [1.807, 2.05) is 48.5 Å². The van der Waals surface area contributed by atoms with Gasteiger partial charge in [0.25, 0.3) is 5.91 Å². The van der Waals surface area contributed by atoms with Crippen LogP contribution in [0.2, 0.25) is 0 Å². The predicted molar refractivity (Wildman–Crippen MR) is 143 cm³/mol. The zero-order valence-electron chi connectivity index (χ0n) is 19.5. The van der Waals surface area contributed by atoms with Crippen LogP contribution in [0.3, 0.4) is 0 Å². The van der Waals surface area contributed by atoms with Crippen molar-refractivity contribution >= 4 is 42.1 Å². The van der Waals surface area contributed by atoms with E-state index in [9.17, 15) is 14.4 Å². The molecule has 5 rings (SSSR count). The maximum atomic E-state index is 11.6. The maximum Gasteiger partial charge on any atom is 0.488 e. The Morgan fingerprint density at radius 3 is 2.11 bits per heavy atom. The van der Waals surface area contributed by atoms with E-state index in [0.717, 1.165) is 28.5 Å². The lowest BCUT2D eigenvalue weighted by Gasteiger charge is -2.05. The van der Waals surface area contributed by atoms with Gasteiger partial charge in [-0.3, -0.25) is 14.4 Å². The number of imidazole rings is 1. The molecule has 0 radical (unpaired) electrons. The second kappa shape index (κ2) is 11.3. The van der Waals surface area contributed by atoms with Crippen LogP contribution in [-0.4, -0.2) is 45.6 Å². The van der Waals surface area contributed by atoms with Gasteiger partial charge in [-0.1, -0.05) is 78.9 Å². The van der Waals surface area contributed by atoms with Crippen molar-refractivity contribution < 1.29 is 24.4 Å². The number of rotatable bonds is 6. The number of fused-ring (bicyclic) bond motifs is 1. The first kappa shape index (κ1) is 25.2. The van der Waals surface area contributed by atoms with E-state index in [0.29, 0.717) is 39.8 Å². The summed E-state index contributed by atoms with van der Waals surface area (Å²) in [5.74, 6) is 0.151. The van der Waals surface area contributed by atoms with Crippen molar-refractivity contribution in [3.63, 3.8) is 0 Å². The molecule has 5 aromatic rings. The predicted octanol–water partition coefficient (Wildman–Crippen LogP) is 2.99. The number of hydrogen-bond donors (Lipinski definition) is 4. The summed E-state index contributed by atoms with van der Waals surface area (Å²) in [6.07, 6.45) is 1.56. The quantitative estimate of drug-likeness (QED) is 0.212. The fourth-order valence-electron chi connectivity index (χ4n) is 3.78. The highest BCUT2D eigenvalue weighted by molar-refractivity contribution is 6.58. The molecule has 0 saturated heterocycles. The third kappa shape index (κ3) is 5.70. The number of nitrogens with one attached hydrogen (secondary N) is 1. The van der Waals surface area contributed by atoms with E-state index < -0.39 is 13.0 Å². The van der Waals surface area contributed by atoms with E-state index in [4.69, 9.17) is 15.8 Å². The molecule has 182 valence electrons. The lowest BCUT2D eigenvalue weighted by Crippen LogP contribution is -2.29. The van der Waals surface area contributed by atoms with Crippen LogP contribution in [0.15, 0.2) is 91.0 Å². The first-order valence-corrected chi connectivity index (χ1v) is 11.3. The molecule has 0 bridgehead atoms. The number of amides is 1. The normalized spacial score (nSPS) is 10.3. The van der Waals surface area contributed by atoms with Crippen molar-refractivity contribution in [3.05, 3.63) is 108 Å². The number of nitrogens with zero attached hydrogens (tertiary/aromatic N) is 1. The molecule has 0 unspecified atom stereocenters. The van der Waals surface area contributed by atoms with Crippen LogP contribution in [0, 0.1) is 0 Å². The number of nitrogens with two attached hydrogens (primary N) is 1. The summed E-state index contributed by atoms with van der Waals surface area (Å²) < 4.78 is 0. The van der Waals surface area contributed by atoms with Gasteiger partial charge in [0.05, 0.1) is 11.1 Å². The Hall–Kier alpha value is -4.86. The topological polar surface area (TPSA) is 146 Å². The van der Waals surface area contributed by atoms with E-state index in [2.05, 4.69) is 9.97 Å². The molecule has 0 atom stereocenters. The Labute approximate surface area is 212 Å². The Kier molecular flexibility index (Phi) is 7.68. The highest BCUT2D eigenvalue weighted by Gasteiger charge is 2.13. The summed E-state index contributed by atoms with van der Waals surface area (Å²) in [5.41, 5.74) is 11.4. The maximum absolute atomic E-state index is 11.6. The summed E-state index contributed by atoms with van der Waals surface area (Å²) in [7, 11) is -1.46. The number of benzene rings is 4. The molecule has 1 heterocycles. The van der Waals surface area contributed by atoms with Gasteiger partial charge in [0.2, 0.25) is 0 Å². The number of aldehydes is 2. The van der Waals surface area contributed by atoms with Crippen LogP contribution in [0.4, 0.5) is 0 Å². The minimum Gasteiger partial charge on any atom is -0.423 e. The molecule has 5 N–H and O–H groups in total. The number of H-pyrrole nitrogens is 1. The Balaban J connectivity index is 0.000000245. The molecule has 1 aromatic heterocycles. The van der Waals surface area contributed by atoms with Crippen LogP contribution in [0.25, 0.3) is 33.5 Å². The molecule has 37 heavy (non-hydrogen) atoms. The minimum absolute atomic E-state index is 0.385. The summed E-state index contributed by atoms with van der Waals surface area (Å²) in [4.78, 5) is 40.7. The number of para-hydroxylation sites is 1. The van der Waals surface area contributed by atoms with Gasteiger partial charge in [0.1, 0.15) is 17.6 Å². The fraction of sp³-hybridized carbons (Fsp3) is 0. The summed E-state index contributed by atoms with van der Waals surface area (Å²) in [6.45, 7) is 0. The molecular weight excluding hydrogens is 469 g/mol. The van der Waals surface area contributed by atoms with Gasteiger partial charge < -0.3 is 20.8 Å². The number of carbonyl (C=O) groups is 3. The number of carbonyl (C=O) groups excluding carboxylic acids is 3. The number of hydrogen-bond acceptors (Lipinski definition) is 6. The molecule has 0 aliphatic rings. The van der Waals surface area contributed by atoms with Gasteiger partial charge in [0.15, 0.2) is 6.29 Å². The van der Waals surface area contributed by atoms with Crippen LogP contribution >= 0.6 is 0 Å². The molecule has 9 heteroatoms. The first-order chi connectivity index (χ1) is 17.9. The van der Waals surface area contributed by atoms with Crippen molar-refractivity contribution in [3.8, 4) is 22.5 Å². The standard InChI is InChI=1S/C21H15N3O2.C7H7BO3/c22-20(26)17-6-3-7-18-19(17)24-21(23-18)14-10-8-13(9-11-14)16-5-2-1-4-15(16)12-25;9-5-6-1-3-7(4-2-6)8(10)11/h1-12H,(H2,22,26)(H,23,24);1-5,10-11H. The number of aromatic amines is 1. The number of primary amides is 1. The lowest BCUT2D eigenvalue weighted by molar-refractivity contribution is 0.100. The molecule has 0 saturated carbocycles. The Morgan fingerprint density at radius 1 is 0.811 bits per heavy atom. The van der Waals surface area contributed by atoms with E-state index in [1.165, 1.54) is 24.3 Å². The molecule has 0 aliphatic heterocycles. The van der Waals surface area contributed by atoms with E-state index in [-0.39, 0.29) is 0 Å². The van der Waals surface area contributed by atoms with E-state index >= 15 is 0 Å². The van der Waals surface area contributed by atoms with Crippen molar-refractivity contribution in [1.82, 2.24) is 9.97 Å². The summed E-state index contributed by atoms with van der Waals surface area (Å²) in [6, 6.07) is 26.5. The van der Waals surface area contributed by atoms with Crippen molar-refractivity contribution in [2.45, 2.75) is 0 Å². The van der Waals surface area contributed by atoms with Gasteiger partial charge in [-0.2, -0.15) is 0 Å². The average Bonchev–Trinajstić information content (AvgIpc) is 3.38. The minimum atomic E-state index is -1.46. The van der Waals surface area contributed by atoms with Gasteiger partial charge in [-0.15, -0.1) is 0 Å². The molecular formula is C28H22BN3O5. The largest absolute Gasteiger partial charge is 0.488 e. The highest BCUT2D eigenvalue weighted by Crippen LogP contribution is 2.27. The molecule has 0 spiro atoms. The van der Waals surface area contributed by atoms with E-state index in [1.54, 1.807) is 18.2 Å². The molecule has 1 amide bonds. The van der Waals surface area contributed by atoms with Gasteiger partial charge in [-0.05, 0) is 28.7 Å². The average molecular weight is 491 g/mol. The fourth-order valence-corrected chi connectivity index (χ4v) is 3.78. The highest BCUT2D eigenvalue weighted by atomic mass is 16.4. The monoisotopic (exact) mass is 491 g/mol. The Bertz CT molecular complexity index is 1560. The summed E-state index contributed by atoms with van der Waals surface area (Å²) in [5, 5.41) is 17.3. The SMILES string of the molecule is NC(=O)c1cccc2[nH]c(-c3ccc(-c4ccccc4C=O)cc3)nc12.O=Cc1ccc(B(O)O)cc1. The smallest absolute Gasteiger partial charge is 0.423 e. The van der Waals surface area contributed by atoms with Gasteiger partial charge in [0, 0.05) is 16.7 Å². The number of aromatic nitrogens is 2. The zero-order chi connectivity index (χ0) is 26.4. The third-order valence-electron chi connectivity index (χ3n) is 5.71. The van der Waals surface area contributed by atoms with Gasteiger partial charge in [-0.25, -0.2) is 4.98 Å². The van der Waals surface area contributed by atoms with Crippen LogP contribution in [0.5, 0.6) is 0 Å². The van der Waals surface area contributed by atoms with Crippen molar-refractivity contribution in [2.75, 3.05) is 0 Å².